The van der Waals surface area contributed by atoms with E-state index in [2.05, 4.69) is 20.1 Å². The van der Waals surface area contributed by atoms with Crippen LogP contribution in [0.15, 0.2) is 43.1 Å². The Balaban J connectivity index is 1.84. The smallest absolute Gasteiger partial charge is 0.257 e. The van der Waals surface area contributed by atoms with Crippen molar-refractivity contribution in [2.24, 2.45) is 7.05 Å². The average Bonchev–Trinajstić information content (AvgIpc) is 3.10. The van der Waals surface area contributed by atoms with Gasteiger partial charge in [-0.2, -0.15) is 5.10 Å². The summed E-state index contributed by atoms with van der Waals surface area (Å²) in [5.41, 5.74) is 2.86. The fourth-order valence-corrected chi connectivity index (χ4v) is 2.71. The molecule has 0 unspecified atom stereocenters. The van der Waals surface area contributed by atoms with Crippen molar-refractivity contribution in [3.63, 3.8) is 0 Å². The van der Waals surface area contributed by atoms with Gasteiger partial charge in [-0.3, -0.25) is 14.5 Å². The van der Waals surface area contributed by atoms with Crippen LogP contribution in [0.2, 0.25) is 0 Å². The number of amides is 1. The number of carbonyl (C=O) groups excluding carboxylic acids is 1. The molecule has 0 aliphatic rings. The minimum Gasteiger partial charge on any atom is -0.383 e. The van der Waals surface area contributed by atoms with Gasteiger partial charge in [0.1, 0.15) is 0 Å². The Kier molecular flexibility index (Phi) is 5.87. The van der Waals surface area contributed by atoms with Crippen LogP contribution in [-0.2, 0) is 18.3 Å². The summed E-state index contributed by atoms with van der Waals surface area (Å²) < 4.78 is 6.87. The second-order valence-electron chi connectivity index (χ2n) is 6.18. The molecule has 3 rings (SSSR count). The molecule has 0 saturated heterocycles. The summed E-state index contributed by atoms with van der Waals surface area (Å²) in [4.78, 5) is 27.7. The third kappa shape index (κ3) is 4.53. The summed E-state index contributed by atoms with van der Waals surface area (Å²) in [6.07, 6.45) is 8.61. The molecule has 0 atom stereocenters. The number of ether oxygens (including phenoxy) is 1. The molecule has 3 aromatic heterocycles. The maximum Gasteiger partial charge on any atom is 0.257 e. The predicted molar refractivity (Wildman–Crippen MR) is 99.8 cm³/mol. The van der Waals surface area contributed by atoms with Gasteiger partial charge in [-0.25, -0.2) is 9.97 Å². The maximum absolute atomic E-state index is 13.1. The molecule has 0 radical (unpaired) electrons. The van der Waals surface area contributed by atoms with Gasteiger partial charge >= 0.3 is 0 Å². The van der Waals surface area contributed by atoms with Crippen LogP contribution < -0.4 is 0 Å². The molecule has 0 spiro atoms. The van der Waals surface area contributed by atoms with Gasteiger partial charge in [0.25, 0.3) is 5.91 Å². The number of pyridine rings is 1. The van der Waals surface area contributed by atoms with Crippen LogP contribution in [0.3, 0.4) is 0 Å². The topological polar surface area (TPSA) is 86.0 Å². The number of nitrogens with zero attached hydrogens (tertiary/aromatic N) is 6. The van der Waals surface area contributed by atoms with Gasteiger partial charge in [0.05, 0.1) is 24.1 Å². The molecule has 140 valence electrons. The molecule has 0 N–H and O–H groups in total. The Bertz CT molecular complexity index is 910. The summed E-state index contributed by atoms with van der Waals surface area (Å²) in [5.74, 6) is 0.416. The zero-order chi connectivity index (χ0) is 19.2. The molecule has 8 heteroatoms. The Morgan fingerprint density at radius 3 is 2.78 bits per heavy atom. The van der Waals surface area contributed by atoms with Crippen LogP contribution in [0.5, 0.6) is 0 Å². The maximum atomic E-state index is 13.1. The van der Waals surface area contributed by atoms with E-state index < -0.39 is 0 Å². The van der Waals surface area contributed by atoms with Gasteiger partial charge in [-0.15, -0.1) is 0 Å². The molecule has 0 bridgehead atoms. The van der Waals surface area contributed by atoms with Gasteiger partial charge in [0, 0.05) is 63.2 Å². The predicted octanol–water partition coefficient (Wildman–Crippen LogP) is 1.87. The number of aryl methyl sites for hydroxylation is 2. The Labute approximate surface area is 157 Å². The first kappa shape index (κ1) is 18.7. The van der Waals surface area contributed by atoms with E-state index in [1.54, 1.807) is 41.5 Å². The zero-order valence-electron chi connectivity index (χ0n) is 15.7. The number of hydrogen-bond donors (Lipinski definition) is 0. The number of methoxy groups -OCH3 is 1. The molecule has 3 heterocycles. The van der Waals surface area contributed by atoms with Crippen LogP contribution in [-0.4, -0.2) is 55.8 Å². The lowest BCUT2D eigenvalue weighted by molar-refractivity contribution is 0.0678. The van der Waals surface area contributed by atoms with Crippen LogP contribution in [0, 0.1) is 6.92 Å². The Morgan fingerprint density at radius 2 is 2.15 bits per heavy atom. The van der Waals surface area contributed by atoms with Crippen molar-refractivity contribution in [1.29, 1.82) is 0 Å². The van der Waals surface area contributed by atoms with Crippen molar-refractivity contribution in [2.75, 3.05) is 20.3 Å². The molecule has 8 nitrogen and oxygen atoms in total. The van der Waals surface area contributed by atoms with Gasteiger partial charge in [0.2, 0.25) is 0 Å². The van der Waals surface area contributed by atoms with Crippen molar-refractivity contribution in [3.8, 4) is 11.4 Å². The van der Waals surface area contributed by atoms with Gasteiger partial charge in [-0.05, 0) is 19.1 Å². The second-order valence-corrected chi connectivity index (χ2v) is 6.18. The number of carbonyl (C=O) groups is 1. The highest BCUT2D eigenvalue weighted by atomic mass is 16.5. The first-order valence-electron chi connectivity index (χ1n) is 8.58. The standard InChI is InChI=1S/C19H22N6O2/c1-14-17(11-21-18(23-14)16-5-4-6-20-10-16)19(26)25(7-8-27-3)13-15-9-22-24(2)12-15/h4-6,9-12H,7-8,13H2,1-3H3. The minimum absolute atomic E-state index is 0.133. The van der Waals surface area contributed by atoms with Crippen LogP contribution in [0.4, 0.5) is 0 Å². The lowest BCUT2D eigenvalue weighted by Gasteiger charge is -2.22. The van der Waals surface area contributed by atoms with E-state index in [1.807, 2.05) is 32.3 Å². The Morgan fingerprint density at radius 1 is 1.30 bits per heavy atom. The number of aromatic nitrogens is 5. The van der Waals surface area contributed by atoms with Crippen molar-refractivity contribution in [1.82, 2.24) is 29.6 Å². The van der Waals surface area contributed by atoms with E-state index in [1.165, 1.54) is 0 Å². The fourth-order valence-electron chi connectivity index (χ4n) is 2.71. The third-order valence-corrected chi connectivity index (χ3v) is 4.11. The molecule has 0 aromatic carbocycles. The number of hydrogen-bond acceptors (Lipinski definition) is 6. The molecule has 0 saturated carbocycles. The summed E-state index contributed by atoms with van der Waals surface area (Å²) in [6.45, 7) is 3.17. The first-order chi connectivity index (χ1) is 13.1. The van der Waals surface area contributed by atoms with E-state index in [4.69, 9.17) is 4.74 Å². The van der Waals surface area contributed by atoms with Gasteiger partial charge < -0.3 is 9.64 Å². The third-order valence-electron chi connectivity index (χ3n) is 4.11. The van der Waals surface area contributed by atoms with E-state index in [0.29, 0.717) is 36.8 Å². The molecular weight excluding hydrogens is 344 g/mol. The molecule has 0 aliphatic heterocycles. The fraction of sp³-hybridized carbons (Fsp3) is 0.316. The Hall–Kier alpha value is -3.13. The van der Waals surface area contributed by atoms with E-state index in [9.17, 15) is 4.79 Å². The van der Waals surface area contributed by atoms with Crippen LogP contribution >= 0.6 is 0 Å². The molecule has 0 aliphatic carbocycles. The van der Waals surface area contributed by atoms with Crippen molar-refractivity contribution < 1.29 is 9.53 Å². The van der Waals surface area contributed by atoms with Crippen molar-refractivity contribution in [2.45, 2.75) is 13.5 Å². The van der Waals surface area contributed by atoms with E-state index in [0.717, 1.165) is 11.1 Å². The van der Waals surface area contributed by atoms with Crippen LogP contribution in [0.25, 0.3) is 11.4 Å². The summed E-state index contributed by atoms with van der Waals surface area (Å²) in [6, 6.07) is 3.71. The highest BCUT2D eigenvalue weighted by molar-refractivity contribution is 5.95. The summed E-state index contributed by atoms with van der Waals surface area (Å²) in [7, 11) is 3.46. The molecule has 0 fully saturated rings. The monoisotopic (exact) mass is 366 g/mol. The minimum atomic E-state index is -0.133. The average molecular weight is 366 g/mol. The second kappa shape index (κ2) is 8.50. The highest BCUT2D eigenvalue weighted by Gasteiger charge is 2.20. The van der Waals surface area contributed by atoms with E-state index >= 15 is 0 Å². The SMILES string of the molecule is COCCN(Cc1cnn(C)c1)C(=O)c1cnc(-c2cccnc2)nc1C. The zero-order valence-corrected chi connectivity index (χ0v) is 15.7. The lowest BCUT2D eigenvalue weighted by Crippen LogP contribution is -2.34. The normalized spacial score (nSPS) is 10.8. The lowest BCUT2D eigenvalue weighted by atomic mass is 10.2. The van der Waals surface area contributed by atoms with Gasteiger partial charge in [0.15, 0.2) is 5.82 Å². The number of rotatable bonds is 7. The largest absolute Gasteiger partial charge is 0.383 e. The molecule has 3 aromatic rings. The molecule has 27 heavy (non-hydrogen) atoms. The molecular formula is C19H22N6O2. The first-order valence-corrected chi connectivity index (χ1v) is 8.58. The quantitative estimate of drug-likeness (QED) is 0.634. The highest BCUT2D eigenvalue weighted by Crippen LogP contribution is 2.17. The molecule has 1 amide bonds. The van der Waals surface area contributed by atoms with E-state index in [-0.39, 0.29) is 5.91 Å². The van der Waals surface area contributed by atoms with Crippen LogP contribution in [0.1, 0.15) is 21.6 Å². The van der Waals surface area contributed by atoms with Gasteiger partial charge in [-0.1, -0.05) is 0 Å². The van der Waals surface area contributed by atoms with Crippen molar-refractivity contribution in [3.05, 3.63) is 59.9 Å². The summed E-state index contributed by atoms with van der Waals surface area (Å²) >= 11 is 0. The summed E-state index contributed by atoms with van der Waals surface area (Å²) in [5, 5.41) is 4.16. The van der Waals surface area contributed by atoms with Crippen molar-refractivity contribution >= 4 is 5.91 Å².